The summed E-state index contributed by atoms with van der Waals surface area (Å²) in [6, 6.07) is -0.112. The van der Waals surface area contributed by atoms with E-state index in [-0.39, 0.29) is 31.2 Å². The third kappa shape index (κ3) is 9.77. The molecule has 4 aliphatic heterocycles. The lowest BCUT2D eigenvalue weighted by Gasteiger charge is -2.41. The maximum absolute atomic E-state index is 14.4. The summed E-state index contributed by atoms with van der Waals surface area (Å²) < 4.78 is 5.68. The first-order valence-corrected chi connectivity index (χ1v) is 19.3. The fourth-order valence-electron chi connectivity index (χ4n) is 7.80. The van der Waals surface area contributed by atoms with E-state index in [0.717, 1.165) is 12.8 Å². The number of cyclic esters (lactones) is 1. The molecular weight excluding hydrogens is 696 g/mol. The minimum atomic E-state index is -1.45. The number of phenolic OH excluding ortho intramolecular Hbond substituents is 1. The Labute approximate surface area is 316 Å². The van der Waals surface area contributed by atoms with Gasteiger partial charge in [0.05, 0.1) is 0 Å². The Balaban J connectivity index is 1.45. The largest absolute Gasteiger partial charge is 0.508 e. The molecule has 4 fully saturated rings. The van der Waals surface area contributed by atoms with Crippen molar-refractivity contribution >= 4 is 41.4 Å². The van der Waals surface area contributed by atoms with Gasteiger partial charge in [0.15, 0.2) is 0 Å². The van der Waals surface area contributed by atoms with Crippen molar-refractivity contribution in [1.29, 1.82) is 0 Å². The van der Waals surface area contributed by atoms with E-state index in [9.17, 15) is 38.7 Å². The first-order chi connectivity index (χ1) is 25.9. The summed E-state index contributed by atoms with van der Waals surface area (Å²) in [6.07, 6.45) is 8.24. The third-order valence-corrected chi connectivity index (χ3v) is 10.8. The number of carbonyl (C=O) groups is 7. The van der Waals surface area contributed by atoms with E-state index in [2.05, 4.69) is 16.0 Å². The number of benzene rings is 1. The summed E-state index contributed by atoms with van der Waals surface area (Å²) in [5, 5.41) is 18.3. The first-order valence-electron chi connectivity index (χ1n) is 19.3. The number of carbonyl (C=O) groups excluding carboxylic acids is 7. The maximum Gasteiger partial charge on any atom is 0.328 e. The number of phenols is 1. The average molecular weight is 751 g/mol. The number of hydrogen-bond donors (Lipinski definition) is 4. The molecule has 4 aliphatic rings. The number of nitrogens with one attached hydrogen (secondary N) is 3. The van der Waals surface area contributed by atoms with Crippen molar-refractivity contribution in [3.8, 4) is 5.75 Å². The molecule has 6 amide bonds. The number of esters is 1. The lowest BCUT2D eigenvalue weighted by molar-refractivity contribution is -0.158. The van der Waals surface area contributed by atoms with Gasteiger partial charge < -0.3 is 40.5 Å². The summed E-state index contributed by atoms with van der Waals surface area (Å²) in [5.74, 6) is -3.91. The van der Waals surface area contributed by atoms with E-state index >= 15 is 0 Å². The monoisotopic (exact) mass is 750 g/mol. The van der Waals surface area contributed by atoms with Gasteiger partial charge in [-0.3, -0.25) is 28.8 Å². The fourth-order valence-corrected chi connectivity index (χ4v) is 7.80. The number of fused-ring (bicyclic) bond motifs is 3. The van der Waals surface area contributed by atoms with Crippen LogP contribution in [-0.4, -0.2) is 124 Å². The van der Waals surface area contributed by atoms with Crippen LogP contribution in [0.1, 0.15) is 84.1 Å². The smallest absolute Gasteiger partial charge is 0.328 e. The van der Waals surface area contributed by atoms with Crippen LogP contribution in [0.4, 0.5) is 0 Å². The molecule has 7 unspecified atom stereocenters. The number of hydrogen-bond acceptors (Lipinski definition) is 9. The van der Waals surface area contributed by atoms with Gasteiger partial charge in [-0.05, 0) is 81.6 Å². The summed E-state index contributed by atoms with van der Waals surface area (Å²) in [4.78, 5) is 101. The normalized spacial score (nSPS) is 27.5. The highest BCUT2D eigenvalue weighted by atomic mass is 16.5. The Morgan fingerprint density at radius 2 is 1.65 bits per heavy atom. The molecule has 0 spiro atoms. The van der Waals surface area contributed by atoms with Crippen molar-refractivity contribution in [1.82, 2.24) is 30.7 Å². The molecule has 5 rings (SSSR count). The number of unbranched alkanes of at least 4 members (excludes halogenated alkanes) is 2. The van der Waals surface area contributed by atoms with Crippen LogP contribution in [0.5, 0.6) is 5.75 Å². The number of rotatable bonds is 9. The first kappa shape index (κ1) is 40.2. The van der Waals surface area contributed by atoms with Crippen molar-refractivity contribution in [2.45, 2.75) is 121 Å². The molecule has 0 radical (unpaired) electrons. The Morgan fingerprint density at radius 3 is 2.37 bits per heavy atom. The molecule has 54 heavy (non-hydrogen) atoms. The molecule has 4 heterocycles. The standard InChI is InChI=1S/C39H54N6O9/c1-4-5-6-7-15-33(47)41-28(22-26-11-8-12-27(46)21-26)34(48)42-29-23-54-39(53)31-14-10-18-44(31)36(50)25(3)40-35(49)32-20-24(2)16-19-45(32)38(52)30-13-9-17-43(30)37(29)51/h7-8,11-12,15,21,24-25,28-32,46H,4-6,9-10,13-14,16-20,22-23H2,1-3H3,(H,40,49)(H,41,47)(H,42,48). The SMILES string of the molecule is CCCCC=CC(=O)NC(Cc1cccc(O)c1)C(=O)NC1COC(=O)C2CCCN2C(=O)C(C)NC(=O)C2CC(C)CCN2C(=O)C2CCCN2C1=O. The third-order valence-electron chi connectivity index (χ3n) is 10.8. The number of piperidine rings is 1. The molecule has 1 aromatic rings. The molecule has 1 aromatic carbocycles. The van der Waals surface area contributed by atoms with Crippen molar-refractivity contribution in [2.24, 2.45) is 5.92 Å². The summed E-state index contributed by atoms with van der Waals surface area (Å²) in [6.45, 7) is 5.77. The zero-order valence-electron chi connectivity index (χ0n) is 31.5. The summed E-state index contributed by atoms with van der Waals surface area (Å²) >= 11 is 0. The highest BCUT2D eigenvalue weighted by Gasteiger charge is 2.46. The molecule has 0 aromatic heterocycles. The van der Waals surface area contributed by atoms with Gasteiger partial charge >= 0.3 is 5.97 Å². The molecular formula is C39H54N6O9. The maximum atomic E-state index is 14.4. The molecule has 4 N–H and O–H groups in total. The second-order valence-corrected chi connectivity index (χ2v) is 15.0. The van der Waals surface area contributed by atoms with Crippen LogP contribution in [0.3, 0.4) is 0 Å². The zero-order valence-corrected chi connectivity index (χ0v) is 31.5. The van der Waals surface area contributed by atoms with Gasteiger partial charge in [0.25, 0.3) is 0 Å². The number of ether oxygens (including phenoxy) is 1. The number of nitrogens with zero attached hydrogens (tertiary/aromatic N) is 3. The van der Waals surface area contributed by atoms with Crippen LogP contribution in [0.2, 0.25) is 0 Å². The van der Waals surface area contributed by atoms with E-state index in [4.69, 9.17) is 4.74 Å². The van der Waals surface area contributed by atoms with Crippen molar-refractivity contribution in [3.05, 3.63) is 42.0 Å². The van der Waals surface area contributed by atoms with Gasteiger partial charge in [0.1, 0.15) is 48.6 Å². The Bertz CT molecular complexity index is 1620. The second-order valence-electron chi connectivity index (χ2n) is 15.0. The van der Waals surface area contributed by atoms with Crippen molar-refractivity contribution in [3.63, 3.8) is 0 Å². The van der Waals surface area contributed by atoms with E-state index in [1.807, 2.05) is 13.8 Å². The fraction of sp³-hybridized carbons (Fsp3) is 0.615. The topological polar surface area (TPSA) is 195 Å². The van der Waals surface area contributed by atoms with Crippen LogP contribution in [-0.2, 0) is 44.7 Å². The number of aromatic hydroxyl groups is 1. The Hall–Kier alpha value is -4.95. The molecule has 4 saturated heterocycles. The second kappa shape index (κ2) is 18.4. The van der Waals surface area contributed by atoms with Crippen LogP contribution < -0.4 is 16.0 Å². The van der Waals surface area contributed by atoms with Gasteiger partial charge in [0.2, 0.25) is 35.4 Å². The van der Waals surface area contributed by atoms with Gasteiger partial charge in [-0.2, -0.15) is 0 Å². The minimum absolute atomic E-state index is 0.0291. The summed E-state index contributed by atoms with van der Waals surface area (Å²) in [5.41, 5.74) is 0.543. The zero-order chi connectivity index (χ0) is 38.9. The van der Waals surface area contributed by atoms with Crippen LogP contribution in [0, 0.1) is 5.92 Å². The molecule has 0 bridgehead atoms. The van der Waals surface area contributed by atoms with E-state index in [0.29, 0.717) is 57.1 Å². The van der Waals surface area contributed by atoms with E-state index in [1.54, 1.807) is 25.1 Å². The van der Waals surface area contributed by atoms with Crippen molar-refractivity contribution < 1.29 is 43.4 Å². The van der Waals surface area contributed by atoms with Gasteiger partial charge in [-0.25, -0.2) is 4.79 Å². The average Bonchev–Trinajstić information content (AvgIpc) is 3.84. The minimum Gasteiger partial charge on any atom is -0.508 e. The number of allylic oxidation sites excluding steroid dienone is 1. The molecule has 15 heteroatoms. The molecule has 15 nitrogen and oxygen atoms in total. The lowest BCUT2D eigenvalue weighted by atomic mass is 9.91. The molecule has 0 saturated carbocycles. The van der Waals surface area contributed by atoms with Gasteiger partial charge in [-0.1, -0.05) is 44.9 Å². The van der Waals surface area contributed by atoms with Gasteiger partial charge in [0, 0.05) is 26.1 Å². The van der Waals surface area contributed by atoms with Gasteiger partial charge in [-0.15, -0.1) is 0 Å². The van der Waals surface area contributed by atoms with Crippen LogP contribution in [0.15, 0.2) is 36.4 Å². The predicted octanol–water partition coefficient (Wildman–Crippen LogP) is 1.32. The predicted molar refractivity (Wildman–Crippen MR) is 196 cm³/mol. The van der Waals surface area contributed by atoms with E-state index < -0.39 is 84.3 Å². The molecule has 7 atom stereocenters. The Kier molecular flexibility index (Phi) is 13.7. The van der Waals surface area contributed by atoms with Crippen LogP contribution >= 0.6 is 0 Å². The van der Waals surface area contributed by atoms with E-state index in [1.165, 1.54) is 32.9 Å². The molecule has 0 aliphatic carbocycles. The number of amides is 6. The highest BCUT2D eigenvalue weighted by Crippen LogP contribution is 2.28. The summed E-state index contributed by atoms with van der Waals surface area (Å²) in [7, 11) is 0. The quantitative estimate of drug-likeness (QED) is 0.164. The lowest BCUT2D eigenvalue weighted by Crippen LogP contribution is -2.62. The van der Waals surface area contributed by atoms with Crippen LogP contribution in [0.25, 0.3) is 0 Å². The molecule has 294 valence electrons. The highest BCUT2D eigenvalue weighted by molar-refractivity contribution is 5.98. The Morgan fingerprint density at radius 1 is 0.944 bits per heavy atom. The van der Waals surface area contributed by atoms with Crippen molar-refractivity contribution in [2.75, 3.05) is 26.2 Å².